The van der Waals surface area contributed by atoms with Gasteiger partial charge in [-0.15, -0.1) is 0 Å². The number of sulfonamides is 1. The van der Waals surface area contributed by atoms with Crippen LogP contribution in [0.5, 0.6) is 0 Å². The summed E-state index contributed by atoms with van der Waals surface area (Å²) < 4.78 is 39.4. The van der Waals surface area contributed by atoms with E-state index in [1.54, 1.807) is 0 Å². The van der Waals surface area contributed by atoms with Crippen LogP contribution in [0.1, 0.15) is 0 Å². The summed E-state index contributed by atoms with van der Waals surface area (Å²) in [5.41, 5.74) is 5.72. The number of rotatable bonds is 3. The van der Waals surface area contributed by atoms with Gasteiger partial charge in [0.2, 0.25) is 0 Å². The SMILES string of the molecule is Nc1ccc(F)cc1NS(=O)(=O)c1ccc(Cl)cc1. The fourth-order valence-corrected chi connectivity index (χ4v) is 2.64. The van der Waals surface area contributed by atoms with Gasteiger partial charge in [0.25, 0.3) is 10.0 Å². The van der Waals surface area contributed by atoms with E-state index in [0.717, 1.165) is 12.1 Å². The normalized spacial score (nSPS) is 11.3. The number of nitrogens with one attached hydrogen (secondary N) is 1. The van der Waals surface area contributed by atoms with Gasteiger partial charge in [-0.2, -0.15) is 0 Å². The van der Waals surface area contributed by atoms with Crippen molar-refractivity contribution in [1.29, 1.82) is 0 Å². The number of hydrogen-bond acceptors (Lipinski definition) is 3. The van der Waals surface area contributed by atoms with E-state index in [9.17, 15) is 12.8 Å². The Morgan fingerprint density at radius 1 is 1.11 bits per heavy atom. The molecule has 0 saturated heterocycles. The Morgan fingerprint density at radius 2 is 1.74 bits per heavy atom. The molecule has 100 valence electrons. The zero-order valence-electron chi connectivity index (χ0n) is 9.60. The summed E-state index contributed by atoms with van der Waals surface area (Å²) in [5, 5.41) is 0.421. The van der Waals surface area contributed by atoms with Crippen molar-refractivity contribution in [2.75, 3.05) is 10.5 Å². The molecule has 4 nitrogen and oxygen atoms in total. The van der Waals surface area contributed by atoms with Crippen LogP contribution >= 0.6 is 11.6 Å². The van der Waals surface area contributed by atoms with Crippen LogP contribution in [0, 0.1) is 5.82 Å². The first kappa shape index (κ1) is 13.6. The minimum absolute atomic E-state index is 0.00468. The summed E-state index contributed by atoms with van der Waals surface area (Å²) in [6.45, 7) is 0. The predicted molar refractivity (Wildman–Crippen MR) is 73.1 cm³/mol. The Kier molecular flexibility index (Phi) is 3.64. The summed E-state index contributed by atoms with van der Waals surface area (Å²) in [7, 11) is -3.82. The lowest BCUT2D eigenvalue weighted by atomic mass is 10.3. The minimum atomic E-state index is -3.82. The first-order valence-corrected chi connectivity index (χ1v) is 7.08. The molecule has 2 aromatic rings. The fraction of sp³-hybridized carbons (Fsp3) is 0. The maximum Gasteiger partial charge on any atom is 0.261 e. The van der Waals surface area contributed by atoms with Crippen molar-refractivity contribution >= 4 is 33.0 Å². The molecule has 0 aliphatic heterocycles. The number of nitrogens with two attached hydrogens (primary N) is 1. The van der Waals surface area contributed by atoms with Crippen LogP contribution < -0.4 is 10.5 Å². The molecule has 0 amide bonds. The first-order chi connectivity index (χ1) is 8.88. The third-order valence-corrected chi connectivity index (χ3v) is 4.02. The van der Waals surface area contributed by atoms with Crippen LogP contribution in [0.15, 0.2) is 47.4 Å². The van der Waals surface area contributed by atoms with Gasteiger partial charge in [-0.05, 0) is 36.4 Å². The standard InChI is InChI=1S/C12H10ClFN2O2S/c13-8-1-4-10(5-2-8)19(17,18)16-12-7-9(14)3-6-11(12)15/h1-7,16H,15H2. The van der Waals surface area contributed by atoms with Gasteiger partial charge in [0.1, 0.15) is 5.82 Å². The van der Waals surface area contributed by atoms with Gasteiger partial charge in [0.15, 0.2) is 0 Å². The Balaban J connectivity index is 2.36. The minimum Gasteiger partial charge on any atom is -0.397 e. The highest BCUT2D eigenvalue weighted by molar-refractivity contribution is 7.92. The zero-order chi connectivity index (χ0) is 14.0. The summed E-state index contributed by atoms with van der Waals surface area (Å²) in [6, 6.07) is 9.05. The lowest BCUT2D eigenvalue weighted by Crippen LogP contribution is -2.14. The molecule has 3 N–H and O–H groups in total. The van der Waals surface area contributed by atoms with E-state index in [4.69, 9.17) is 17.3 Å². The molecule has 19 heavy (non-hydrogen) atoms. The van der Waals surface area contributed by atoms with Gasteiger partial charge < -0.3 is 5.73 Å². The Morgan fingerprint density at radius 3 is 2.37 bits per heavy atom. The molecule has 0 fully saturated rings. The molecule has 0 radical (unpaired) electrons. The van der Waals surface area contributed by atoms with Gasteiger partial charge in [0, 0.05) is 11.1 Å². The molecular formula is C12H10ClFN2O2S. The van der Waals surface area contributed by atoms with E-state index in [-0.39, 0.29) is 16.3 Å². The topological polar surface area (TPSA) is 72.2 Å². The largest absolute Gasteiger partial charge is 0.397 e. The molecular weight excluding hydrogens is 291 g/mol. The second-order valence-corrected chi connectivity index (χ2v) is 5.91. The molecule has 0 aliphatic rings. The second-order valence-electron chi connectivity index (χ2n) is 3.79. The van der Waals surface area contributed by atoms with Crippen molar-refractivity contribution in [3.05, 3.63) is 53.3 Å². The molecule has 2 aromatic carbocycles. The molecule has 0 unspecified atom stereocenters. The van der Waals surface area contributed by atoms with E-state index in [2.05, 4.69) is 4.72 Å². The van der Waals surface area contributed by atoms with Crippen molar-refractivity contribution in [3.63, 3.8) is 0 Å². The van der Waals surface area contributed by atoms with Crippen LogP contribution in [-0.4, -0.2) is 8.42 Å². The molecule has 0 spiro atoms. The Labute approximate surface area is 115 Å². The van der Waals surface area contributed by atoms with Crippen LogP contribution in [0.4, 0.5) is 15.8 Å². The Bertz CT molecular complexity index is 702. The van der Waals surface area contributed by atoms with Crippen LogP contribution in [-0.2, 0) is 10.0 Å². The summed E-state index contributed by atoms with van der Waals surface area (Å²) >= 11 is 5.68. The van der Waals surface area contributed by atoms with Crippen molar-refractivity contribution < 1.29 is 12.8 Å². The lowest BCUT2D eigenvalue weighted by Gasteiger charge is -2.10. The van der Waals surface area contributed by atoms with Crippen molar-refractivity contribution in [2.45, 2.75) is 4.90 Å². The van der Waals surface area contributed by atoms with Crippen LogP contribution in [0.2, 0.25) is 5.02 Å². The maximum atomic E-state index is 13.1. The summed E-state index contributed by atoms with van der Waals surface area (Å²) in [6.07, 6.45) is 0. The highest BCUT2D eigenvalue weighted by Crippen LogP contribution is 2.23. The average Bonchev–Trinajstić information content (AvgIpc) is 2.34. The third-order valence-electron chi connectivity index (χ3n) is 2.38. The first-order valence-electron chi connectivity index (χ1n) is 5.22. The van der Waals surface area contributed by atoms with E-state index >= 15 is 0 Å². The number of benzene rings is 2. The molecule has 0 atom stereocenters. The van der Waals surface area contributed by atoms with Crippen molar-refractivity contribution in [2.24, 2.45) is 0 Å². The van der Waals surface area contributed by atoms with Crippen molar-refractivity contribution in [3.8, 4) is 0 Å². The highest BCUT2D eigenvalue weighted by Gasteiger charge is 2.15. The number of hydrogen-bond donors (Lipinski definition) is 2. The smallest absolute Gasteiger partial charge is 0.261 e. The van der Waals surface area contributed by atoms with E-state index in [0.29, 0.717) is 5.02 Å². The van der Waals surface area contributed by atoms with E-state index in [1.807, 2.05) is 0 Å². The quantitative estimate of drug-likeness (QED) is 0.856. The van der Waals surface area contributed by atoms with Crippen LogP contribution in [0.3, 0.4) is 0 Å². The monoisotopic (exact) mass is 300 g/mol. The van der Waals surface area contributed by atoms with E-state index < -0.39 is 15.8 Å². The highest BCUT2D eigenvalue weighted by atomic mass is 35.5. The third kappa shape index (κ3) is 3.15. The van der Waals surface area contributed by atoms with Crippen LogP contribution in [0.25, 0.3) is 0 Å². The Hall–Kier alpha value is -1.79. The second kappa shape index (κ2) is 5.07. The van der Waals surface area contributed by atoms with Crippen molar-refractivity contribution in [1.82, 2.24) is 0 Å². The number of nitrogen functional groups attached to an aromatic ring is 1. The molecule has 0 saturated carbocycles. The summed E-state index contributed by atoms with van der Waals surface area (Å²) in [5.74, 6) is -0.581. The zero-order valence-corrected chi connectivity index (χ0v) is 11.2. The molecule has 0 bridgehead atoms. The molecule has 0 aliphatic carbocycles. The maximum absolute atomic E-state index is 13.1. The average molecular weight is 301 g/mol. The lowest BCUT2D eigenvalue weighted by molar-refractivity contribution is 0.601. The molecule has 0 heterocycles. The summed E-state index contributed by atoms with van der Waals surface area (Å²) in [4.78, 5) is 0.0144. The van der Waals surface area contributed by atoms with Gasteiger partial charge in [-0.25, -0.2) is 12.8 Å². The van der Waals surface area contributed by atoms with Gasteiger partial charge in [-0.3, -0.25) is 4.72 Å². The van der Waals surface area contributed by atoms with Gasteiger partial charge >= 0.3 is 0 Å². The fourth-order valence-electron chi connectivity index (χ4n) is 1.43. The molecule has 2 rings (SSSR count). The molecule has 0 aromatic heterocycles. The van der Waals surface area contributed by atoms with E-state index in [1.165, 1.54) is 30.3 Å². The number of anilines is 2. The number of halogens is 2. The molecule has 7 heteroatoms. The predicted octanol–water partition coefficient (Wildman–Crippen LogP) is 2.86. The van der Waals surface area contributed by atoms with Gasteiger partial charge in [0.05, 0.1) is 16.3 Å². The van der Waals surface area contributed by atoms with Gasteiger partial charge in [-0.1, -0.05) is 11.6 Å².